The molecule has 0 radical (unpaired) electrons. The van der Waals surface area contributed by atoms with Gasteiger partial charge in [-0.2, -0.15) is 0 Å². The number of allylic oxidation sites excluding steroid dienone is 4. The van der Waals surface area contributed by atoms with Gasteiger partial charge >= 0.3 is 0 Å². The van der Waals surface area contributed by atoms with E-state index in [2.05, 4.69) is 52.0 Å². The van der Waals surface area contributed by atoms with Gasteiger partial charge in [0.05, 0.1) is 6.61 Å². The smallest absolute Gasteiger partial charge is 0.0712 e. The fraction of sp³-hybridized carbons (Fsp3) is 0.571. The Balaban J connectivity index is 4.60. The van der Waals surface area contributed by atoms with Crippen LogP contribution in [0.1, 0.15) is 34.1 Å². The minimum Gasteiger partial charge on any atom is -0.380 e. The molecule has 0 aromatic carbocycles. The summed E-state index contributed by atoms with van der Waals surface area (Å²) in [5.41, 5.74) is 2.69. The van der Waals surface area contributed by atoms with E-state index in [-0.39, 0.29) is 0 Å². The number of methoxy groups -OCH3 is 1. The van der Waals surface area contributed by atoms with Gasteiger partial charge in [0.1, 0.15) is 0 Å². The van der Waals surface area contributed by atoms with Gasteiger partial charge in [-0.15, -0.1) is 0 Å². The van der Waals surface area contributed by atoms with Crippen LogP contribution in [0, 0.1) is 5.92 Å². The molecule has 0 rings (SSSR count). The van der Waals surface area contributed by atoms with Gasteiger partial charge in [0.2, 0.25) is 0 Å². The lowest BCUT2D eigenvalue weighted by atomic mass is 9.99. The highest BCUT2D eigenvalue weighted by Gasteiger charge is 2.02. The summed E-state index contributed by atoms with van der Waals surface area (Å²) >= 11 is 0. The second-order valence-corrected chi connectivity index (χ2v) is 3.99. The molecule has 0 saturated heterocycles. The predicted molar refractivity (Wildman–Crippen MR) is 68.0 cm³/mol. The molecule has 1 nitrogen and oxygen atoms in total. The van der Waals surface area contributed by atoms with Gasteiger partial charge in [-0.25, -0.2) is 0 Å². The summed E-state index contributed by atoms with van der Waals surface area (Å²) in [6.45, 7) is 9.42. The molecule has 0 atom stereocenters. The quantitative estimate of drug-likeness (QED) is 0.596. The topological polar surface area (TPSA) is 9.23 Å². The van der Waals surface area contributed by atoms with E-state index < -0.39 is 0 Å². The maximum absolute atomic E-state index is 5.20. The Morgan fingerprint density at radius 1 is 1.27 bits per heavy atom. The molecule has 15 heavy (non-hydrogen) atoms. The lowest BCUT2D eigenvalue weighted by Gasteiger charge is -2.10. The molecule has 0 unspecified atom stereocenters. The molecule has 0 aliphatic heterocycles. The van der Waals surface area contributed by atoms with Crippen LogP contribution in [0.5, 0.6) is 0 Å². The van der Waals surface area contributed by atoms with E-state index in [9.17, 15) is 0 Å². The molecule has 0 fully saturated rings. The van der Waals surface area contributed by atoms with Crippen molar-refractivity contribution in [3.63, 3.8) is 0 Å². The fourth-order valence-corrected chi connectivity index (χ4v) is 1.21. The summed E-state index contributed by atoms with van der Waals surface area (Å²) in [6, 6.07) is 0. The van der Waals surface area contributed by atoms with Crippen molar-refractivity contribution < 1.29 is 4.74 Å². The maximum Gasteiger partial charge on any atom is 0.0712 e. The van der Waals surface area contributed by atoms with E-state index in [1.54, 1.807) is 7.11 Å². The van der Waals surface area contributed by atoms with Crippen LogP contribution in [0.4, 0.5) is 0 Å². The lowest BCUT2D eigenvalue weighted by Crippen LogP contribution is -2.00. The molecule has 0 aromatic rings. The second kappa shape index (κ2) is 8.49. The zero-order valence-corrected chi connectivity index (χ0v) is 10.7. The summed E-state index contributed by atoms with van der Waals surface area (Å²) in [5, 5.41) is 0. The third-order valence-corrected chi connectivity index (χ3v) is 2.45. The van der Waals surface area contributed by atoms with Crippen LogP contribution in [0.25, 0.3) is 0 Å². The molecule has 0 aliphatic carbocycles. The van der Waals surface area contributed by atoms with Gasteiger partial charge in [-0.3, -0.25) is 0 Å². The fourth-order valence-electron chi connectivity index (χ4n) is 1.21. The minimum absolute atomic E-state index is 0.579. The Bertz CT molecular complexity index is 244. The van der Waals surface area contributed by atoms with Gasteiger partial charge in [-0.1, -0.05) is 50.6 Å². The van der Waals surface area contributed by atoms with Crippen molar-refractivity contribution in [3.8, 4) is 0 Å². The normalized spacial score (nSPS) is 14.3. The molecule has 0 aliphatic rings. The first-order chi connectivity index (χ1) is 7.13. The molecule has 0 aromatic heterocycles. The molecule has 0 heterocycles. The van der Waals surface area contributed by atoms with Crippen molar-refractivity contribution in [1.29, 1.82) is 0 Å². The van der Waals surface area contributed by atoms with Gasteiger partial charge in [0.25, 0.3) is 0 Å². The third-order valence-electron chi connectivity index (χ3n) is 2.45. The number of hydrogen-bond acceptors (Lipinski definition) is 1. The molecule has 0 saturated carbocycles. The summed E-state index contributed by atoms with van der Waals surface area (Å²) in [4.78, 5) is 0. The first-order valence-corrected chi connectivity index (χ1v) is 5.65. The molecule has 86 valence electrons. The average Bonchev–Trinajstić information content (AvgIpc) is 2.21. The predicted octanol–water partition coefficient (Wildman–Crippen LogP) is 4.13. The van der Waals surface area contributed by atoms with Crippen molar-refractivity contribution in [2.45, 2.75) is 34.1 Å². The van der Waals surface area contributed by atoms with Crippen LogP contribution in [0.3, 0.4) is 0 Å². The summed E-state index contributed by atoms with van der Waals surface area (Å²) in [7, 11) is 1.74. The minimum atomic E-state index is 0.579. The van der Waals surface area contributed by atoms with Crippen LogP contribution < -0.4 is 0 Å². The Hall–Kier alpha value is -0.820. The van der Waals surface area contributed by atoms with Crippen molar-refractivity contribution in [2.75, 3.05) is 13.7 Å². The van der Waals surface area contributed by atoms with Gasteiger partial charge in [-0.05, 0) is 24.8 Å². The average molecular weight is 208 g/mol. The van der Waals surface area contributed by atoms with E-state index in [1.807, 2.05) is 0 Å². The molecule has 1 heteroatoms. The molecule has 0 bridgehead atoms. The van der Waals surface area contributed by atoms with Crippen LogP contribution in [0.15, 0.2) is 35.5 Å². The SMILES string of the molecule is CC/C=C/C=C\C(COC)=C(/C)C(C)C. The van der Waals surface area contributed by atoms with Crippen molar-refractivity contribution in [1.82, 2.24) is 0 Å². The number of ether oxygens (including phenoxy) is 1. The van der Waals surface area contributed by atoms with Gasteiger partial charge < -0.3 is 4.74 Å². The van der Waals surface area contributed by atoms with Crippen LogP contribution in [-0.4, -0.2) is 13.7 Å². The maximum atomic E-state index is 5.20. The van der Waals surface area contributed by atoms with E-state index in [0.29, 0.717) is 12.5 Å². The monoisotopic (exact) mass is 208 g/mol. The lowest BCUT2D eigenvalue weighted by molar-refractivity contribution is 0.227. The third kappa shape index (κ3) is 6.29. The molecule has 0 N–H and O–H groups in total. The largest absolute Gasteiger partial charge is 0.380 e. The molecule has 0 spiro atoms. The van der Waals surface area contributed by atoms with Gasteiger partial charge in [0, 0.05) is 7.11 Å². The number of hydrogen-bond donors (Lipinski definition) is 0. The first-order valence-electron chi connectivity index (χ1n) is 5.65. The van der Waals surface area contributed by atoms with E-state index in [0.717, 1.165) is 6.42 Å². The Morgan fingerprint density at radius 2 is 1.93 bits per heavy atom. The standard InChI is InChI=1S/C14H24O/c1-6-7-8-9-10-14(11-15-5)13(4)12(2)3/h7-10,12H,6,11H2,1-5H3/b8-7+,10-9-,14-13-. The van der Waals surface area contributed by atoms with Crippen molar-refractivity contribution >= 4 is 0 Å². The van der Waals surface area contributed by atoms with Gasteiger partial charge in [0.15, 0.2) is 0 Å². The van der Waals surface area contributed by atoms with E-state index >= 15 is 0 Å². The highest BCUT2D eigenvalue weighted by atomic mass is 16.5. The summed E-state index contributed by atoms with van der Waals surface area (Å²) < 4.78 is 5.20. The van der Waals surface area contributed by atoms with Crippen LogP contribution in [0.2, 0.25) is 0 Å². The highest BCUT2D eigenvalue weighted by Crippen LogP contribution is 2.15. The second-order valence-electron chi connectivity index (χ2n) is 3.99. The van der Waals surface area contributed by atoms with E-state index in [1.165, 1.54) is 11.1 Å². The Labute approximate surface area is 94.5 Å². The number of rotatable bonds is 6. The molecule has 0 amide bonds. The Morgan fingerprint density at radius 3 is 2.40 bits per heavy atom. The van der Waals surface area contributed by atoms with E-state index in [4.69, 9.17) is 4.74 Å². The summed E-state index contributed by atoms with van der Waals surface area (Å²) in [6.07, 6.45) is 9.54. The zero-order chi connectivity index (χ0) is 11.7. The van der Waals surface area contributed by atoms with Crippen molar-refractivity contribution in [3.05, 3.63) is 35.5 Å². The van der Waals surface area contributed by atoms with Crippen LogP contribution in [-0.2, 0) is 4.74 Å². The summed E-state index contributed by atoms with van der Waals surface area (Å²) in [5.74, 6) is 0.579. The zero-order valence-electron chi connectivity index (χ0n) is 10.7. The Kier molecular flexibility index (Phi) is 8.02. The molecular formula is C14H24O. The van der Waals surface area contributed by atoms with Crippen molar-refractivity contribution in [2.24, 2.45) is 5.92 Å². The molecular weight excluding hydrogens is 184 g/mol. The highest BCUT2D eigenvalue weighted by molar-refractivity contribution is 5.28. The van der Waals surface area contributed by atoms with Crippen LogP contribution >= 0.6 is 0 Å². The first kappa shape index (κ1) is 14.2.